The van der Waals surface area contributed by atoms with Gasteiger partial charge in [-0.1, -0.05) is 49.1 Å². The van der Waals surface area contributed by atoms with Crippen LogP contribution in [0.2, 0.25) is 0 Å². The summed E-state index contributed by atoms with van der Waals surface area (Å²) in [6.07, 6.45) is 12.4. The smallest absolute Gasteiger partial charge is 0.255 e. The van der Waals surface area contributed by atoms with Gasteiger partial charge in [-0.25, -0.2) is 0 Å². The van der Waals surface area contributed by atoms with Gasteiger partial charge in [-0.05, 0) is 90.8 Å². The second-order valence-corrected chi connectivity index (χ2v) is 17.9. The molecule has 7 aliphatic rings. The Morgan fingerprint density at radius 1 is 0.984 bits per heavy atom. The number of benzene rings is 3. The Morgan fingerprint density at radius 2 is 1.77 bits per heavy atom. The average Bonchev–Trinajstić information content (AvgIpc) is 3.60. The minimum atomic E-state index is -0.676. The van der Waals surface area contributed by atoms with Crippen molar-refractivity contribution in [2.75, 3.05) is 57.4 Å². The molecule has 4 fully saturated rings. The second kappa shape index (κ2) is 15.8. The van der Waals surface area contributed by atoms with E-state index >= 15 is 0 Å². The Kier molecular flexibility index (Phi) is 10.3. The summed E-state index contributed by atoms with van der Waals surface area (Å²) in [5.41, 5.74) is 7.01. The fraction of sp³-hybridized carbons (Fsp3) is 0.449. The molecule has 318 valence electrons. The molecular formula is C49H54N4O8. The Morgan fingerprint density at radius 3 is 2.51 bits per heavy atom. The number of carbonyl (C=O) groups excluding carboxylic acids is 3. The normalized spacial score (nSPS) is 26.0. The van der Waals surface area contributed by atoms with Gasteiger partial charge in [0.1, 0.15) is 18.4 Å². The predicted molar refractivity (Wildman–Crippen MR) is 229 cm³/mol. The van der Waals surface area contributed by atoms with E-state index in [9.17, 15) is 19.5 Å². The zero-order valence-electron chi connectivity index (χ0n) is 34.8. The molecule has 12 nitrogen and oxygen atoms in total. The molecule has 0 bridgehead atoms. The van der Waals surface area contributed by atoms with E-state index in [1.54, 1.807) is 12.1 Å². The minimum absolute atomic E-state index is 0.173. The summed E-state index contributed by atoms with van der Waals surface area (Å²) in [5.74, 6) is 0.728. The highest BCUT2D eigenvalue weighted by Crippen LogP contribution is 2.48. The van der Waals surface area contributed by atoms with Gasteiger partial charge in [0.25, 0.3) is 5.91 Å². The number of amides is 3. The first-order valence-electron chi connectivity index (χ1n) is 21.9. The fourth-order valence-electron chi connectivity index (χ4n) is 10.9. The average molecular weight is 827 g/mol. The number of aryl methyl sites for hydroxylation is 1. The lowest BCUT2D eigenvalue weighted by atomic mass is 9.69. The molecule has 3 aromatic carbocycles. The number of carbonyl (C=O) groups is 3. The fourth-order valence-corrected chi connectivity index (χ4v) is 10.9. The third-order valence-corrected chi connectivity index (χ3v) is 14.0. The molecule has 6 heterocycles. The number of fused-ring (bicyclic) bond motifs is 4. The summed E-state index contributed by atoms with van der Waals surface area (Å²) in [7, 11) is 0. The van der Waals surface area contributed by atoms with Gasteiger partial charge in [-0.15, -0.1) is 0 Å². The predicted octanol–water partition coefficient (Wildman–Crippen LogP) is 6.02. The number of phenolic OH excluding ortho intramolecular Hbond substituents is 1. The minimum Gasteiger partial charge on any atom is -0.508 e. The highest BCUT2D eigenvalue weighted by molar-refractivity contribution is 6.05. The Hall–Kier alpha value is -5.43. The zero-order chi connectivity index (χ0) is 41.9. The Balaban J connectivity index is 0.713. The van der Waals surface area contributed by atoms with Crippen LogP contribution in [0.4, 0.5) is 5.69 Å². The number of aromatic hydroxyl groups is 1. The molecule has 2 spiro atoms. The highest BCUT2D eigenvalue weighted by Gasteiger charge is 2.51. The molecule has 4 saturated heterocycles. The second-order valence-electron chi connectivity index (χ2n) is 17.9. The number of phenols is 1. The topological polar surface area (TPSA) is 130 Å². The molecule has 2 N–H and O–H groups in total. The van der Waals surface area contributed by atoms with Crippen molar-refractivity contribution < 1.29 is 38.4 Å². The van der Waals surface area contributed by atoms with E-state index in [0.717, 1.165) is 64.0 Å². The first kappa shape index (κ1) is 39.7. The summed E-state index contributed by atoms with van der Waals surface area (Å²) >= 11 is 0. The SMILES string of the molecule is C=C/C(=C\C=C/C)[C@H]1CCc2cc(O)ccc2[C@H]1c1ccc(N2CCC3(CC2)OCC(CN2CC4(COc5c(ccc6c5CN(C5CCC(=O)NC5=O)C6=O)O4)C2)CO3)cc1. The Bertz CT molecular complexity index is 2300. The van der Waals surface area contributed by atoms with Gasteiger partial charge in [0.2, 0.25) is 11.8 Å². The number of hydrogen-bond acceptors (Lipinski definition) is 10. The van der Waals surface area contributed by atoms with Gasteiger partial charge in [0, 0.05) is 80.6 Å². The number of nitrogens with one attached hydrogen (secondary N) is 1. The lowest BCUT2D eigenvalue weighted by molar-refractivity contribution is -0.293. The van der Waals surface area contributed by atoms with Crippen molar-refractivity contribution in [1.29, 1.82) is 0 Å². The van der Waals surface area contributed by atoms with Crippen molar-refractivity contribution in [3.8, 4) is 17.2 Å². The van der Waals surface area contributed by atoms with Crippen LogP contribution in [-0.4, -0.2) is 103 Å². The number of ether oxygens (including phenoxy) is 4. The molecule has 6 aliphatic heterocycles. The standard InChI is InChI=1S/C49H54N4O8/c1-3-5-6-32(4-2)37-13-9-34-23-36(54)12-14-38(34)44(37)33-7-10-35(11-8-33)52-21-19-49(20-22-52)59-26-31(27-60-49)24-51-28-48(29-51)30-58-45-40-25-53(41-16-18-43(55)50-46(41)56)47(57)39(40)15-17-42(45)61-48/h3-8,10-12,14-15,17,23,31,37,41,44,54H,2,9,13,16,18-22,24-30H2,1H3,(H,50,55,56)/b5-3-,32-6+/t37-,41?,44+/m1/s1. The van der Waals surface area contributed by atoms with Crippen LogP contribution in [0, 0.1) is 11.8 Å². The van der Waals surface area contributed by atoms with E-state index in [0.29, 0.717) is 55.0 Å². The van der Waals surface area contributed by atoms with Crippen molar-refractivity contribution in [2.24, 2.45) is 11.8 Å². The molecule has 1 unspecified atom stereocenters. The summed E-state index contributed by atoms with van der Waals surface area (Å²) in [6, 6.07) is 17.8. The first-order chi connectivity index (χ1) is 29.6. The molecule has 0 aromatic heterocycles. The lowest BCUT2D eigenvalue weighted by Gasteiger charge is -2.53. The number of hydrogen-bond donors (Lipinski definition) is 2. The van der Waals surface area contributed by atoms with Gasteiger partial charge < -0.3 is 33.9 Å². The van der Waals surface area contributed by atoms with Gasteiger partial charge in [-0.3, -0.25) is 24.6 Å². The number of piperidine rings is 2. The monoisotopic (exact) mass is 826 g/mol. The summed E-state index contributed by atoms with van der Waals surface area (Å²) in [5, 5.41) is 12.6. The molecule has 1 aliphatic carbocycles. The van der Waals surface area contributed by atoms with E-state index in [1.807, 2.05) is 25.1 Å². The highest BCUT2D eigenvalue weighted by atomic mass is 16.7. The van der Waals surface area contributed by atoms with Crippen LogP contribution in [0.1, 0.15) is 77.6 Å². The van der Waals surface area contributed by atoms with Crippen LogP contribution in [0.5, 0.6) is 17.2 Å². The van der Waals surface area contributed by atoms with Crippen LogP contribution in [0.25, 0.3) is 0 Å². The van der Waals surface area contributed by atoms with Crippen LogP contribution in [0.3, 0.4) is 0 Å². The maximum atomic E-state index is 13.3. The maximum absolute atomic E-state index is 13.3. The lowest BCUT2D eigenvalue weighted by Crippen LogP contribution is -2.69. The number of anilines is 1. The molecule has 3 amide bonds. The van der Waals surface area contributed by atoms with Crippen LogP contribution < -0.4 is 19.7 Å². The van der Waals surface area contributed by atoms with Crippen molar-refractivity contribution in [1.82, 2.24) is 15.1 Å². The number of imide groups is 1. The van der Waals surface area contributed by atoms with E-state index in [1.165, 1.54) is 32.9 Å². The van der Waals surface area contributed by atoms with E-state index < -0.39 is 23.3 Å². The summed E-state index contributed by atoms with van der Waals surface area (Å²) < 4.78 is 26.0. The third kappa shape index (κ3) is 7.32. The molecule has 3 atom stereocenters. The van der Waals surface area contributed by atoms with Crippen LogP contribution in [-0.2, 0) is 32.0 Å². The van der Waals surface area contributed by atoms with E-state index in [4.69, 9.17) is 18.9 Å². The van der Waals surface area contributed by atoms with E-state index in [-0.39, 0.29) is 36.6 Å². The van der Waals surface area contributed by atoms with Crippen LogP contribution in [0.15, 0.2) is 91.1 Å². The summed E-state index contributed by atoms with van der Waals surface area (Å²) in [4.78, 5) is 43.8. The van der Waals surface area contributed by atoms with Crippen molar-refractivity contribution in [3.63, 3.8) is 0 Å². The van der Waals surface area contributed by atoms with Gasteiger partial charge in [0.15, 0.2) is 22.9 Å². The summed E-state index contributed by atoms with van der Waals surface area (Å²) in [6.45, 7) is 12.1. The molecule has 12 heteroatoms. The van der Waals surface area contributed by atoms with Gasteiger partial charge in [-0.2, -0.15) is 0 Å². The van der Waals surface area contributed by atoms with Gasteiger partial charge >= 0.3 is 0 Å². The molecule has 61 heavy (non-hydrogen) atoms. The quantitative estimate of drug-likeness (QED) is 0.206. The van der Waals surface area contributed by atoms with Crippen molar-refractivity contribution in [2.45, 2.75) is 75.3 Å². The van der Waals surface area contributed by atoms with E-state index in [2.05, 4.69) is 70.3 Å². The molecule has 10 rings (SSSR count). The van der Waals surface area contributed by atoms with Crippen molar-refractivity contribution in [3.05, 3.63) is 119 Å². The van der Waals surface area contributed by atoms with Crippen LogP contribution >= 0.6 is 0 Å². The zero-order valence-corrected chi connectivity index (χ0v) is 34.8. The third-order valence-electron chi connectivity index (χ3n) is 14.0. The number of rotatable bonds is 8. The molecule has 3 aromatic rings. The molecule has 0 saturated carbocycles. The number of allylic oxidation sites excluding steroid dienone is 5. The number of likely N-dealkylation sites (tertiary alicyclic amines) is 1. The largest absolute Gasteiger partial charge is 0.508 e. The Labute approximate surface area is 356 Å². The number of nitrogens with zero attached hydrogens (tertiary/aromatic N) is 3. The molecule has 0 radical (unpaired) electrons. The van der Waals surface area contributed by atoms with Crippen molar-refractivity contribution >= 4 is 23.4 Å². The first-order valence-corrected chi connectivity index (χ1v) is 21.9. The maximum Gasteiger partial charge on any atom is 0.255 e. The molecular weight excluding hydrogens is 773 g/mol. The van der Waals surface area contributed by atoms with Gasteiger partial charge in [0.05, 0.1) is 19.8 Å².